The Balaban J connectivity index is 0.000000261. The molecule has 8 heteroatoms. The van der Waals surface area contributed by atoms with E-state index < -0.39 is 5.43 Å². The molecule has 2 aromatic carbocycles. The van der Waals surface area contributed by atoms with Crippen molar-refractivity contribution in [3.05, 3.63) is 128 Å². The van der Waals surface area contributed by atoms with E-state index in [-0.39, 0.29) is 30.1 Å². The molecule has 4 rings (SSSR count). The van der Waals surface area contributed by atoms with Crippen LogP contribution in [-0.4, -0.2) is 14.8 Å². The van der Waals surface area contributed by atoms with Crippen molar-refractivity contribution in [2.75, 3.05) is 0 Å². The second-order valence-corrected chi connectivity index (χ2v) is 7.61. The first-order valence-electron chi connectivity index (χ1n) is 10.9. The molecule has 0 bridgehead atoms. The van der Waals surface area contributed by atoms with Gasteiger partial charge in [0, 0.05) is 31.1 Å². The Morgan fingerprint density at radius 2 is 1.49 bits per heavy atom. The maximum absolute atomic E-state index is 12.1. The summed E-state index contributed by atoms with van der Waals surface area (Å²) in [5, 5.41) is 17.6. The Morgan fingerprint density at radius 3 is 2.09 bits per heavy atom. The van der Waals surface area contributed by atoms with Crippen LogP contribution in [0.4, 0.5) is 0 Å². The highest BCUT2D eigenvalue weighted by atomic mass is 16.5. The van der Waals surface area contributed by atoms with Crippen molar-refractivity contribution in [3.63, 3.8) is 0 Å². The third kappa shape index (κ3) is 7.99. The molecule has 8 nitrogen and oxygen atoms in total. The van der Waals surface area contributed by atoms with E-state index in [1.165, 1.54) is 29.2 Å². The fraction of sp³-hybridized carbons (Fsp3) is 0.185. The zero-order chi connectivity index (χ0) is 25.0. The lowest BCUT2D eigenvalue weighted by molar-refractivity contribution is 0.0911. The van der Waals surface area contributed by atoms with Gasteiger partial charge in [-0.05, 0) is 11.1 Å². The van der Waals surface area contributed by atoms with Gasteiger partial charge in [0.2, 0.25) is 16.6 Å². The number of aliphatic hydroxyl groups is 1. The quantitative estimate of drug-likeness (QED) is 0.399. The molecule has 0 saturated carbocycles. The summed E-state index contributed by atoms with van der Waals surface area (Å²) in [7, 11) is 1.64. The van der Waals surface area contributed by atoms with E-state index in [2.05, 4.69) is 0 Å². The number of pyridine rings is 1. The summed E-state index contributed by atoms with van der Waals surface area (Å²) in [6, 6.07) is 22.1. The second-order valence-electron chi connectivity index (χ2n) is 7.61. The van der Waals surface area contributed by atoms with Crippen LogP contribution in [0.5, 0.6) is 11.5 Å². The normalized spacial score (nSPS) is 10.3. The first-order valence-corrected chi connectivity index (χ1v) is 10.9. The van der Waals surface area contributed by atoms with Gasteiger partial charge in [-0.2, -0.15) is 0 Å². The largest absolute Gasteiger partial charge is 0.503 e. The monoisotopic (exact) mass is 477 g/mol. The van der Waals surface area contributed by atoms with Crippen LogP contribution in [0.15, 0.2) is 99.3 Å². The molecule has 4 aromatic rings. The fourth-order valence-electron chi connectivity index (χ4n) is 3.01. The van der Waals surface area contributed by atoms with Crippen LogP contribution in [0.1, 0.15) is 22.6 Å². The minimum absolute atomic E-state index is 0.200. The molecule has 0 saturated heterocycles. The van der Waals surface area contributed by atoms with Crippen molar-refractivity contribution >= 4 is 0 Å². The number of aromatic nitrogens is 1. The van der Waals surface area contributed by atoms with Crippen molar-refractivity contribution < 1.29 is 24.1 Å². The van der Waals surface area contributed by atoms with Crippen LogP contribution in [0.3, 0.4) is 0 Å². The van der Waals surface area contributed by atoms with Gasteiger partial charge < -0.3 is 28.7 Å². The molecule has 0 amide bonds. The van der Waals surface area contributed by atoms with Crippen LogP contribution < -0.4 is 15.6 Å². The average molecular weight is 478 g/mol. The predicted molar refractivity (Wildman–Crippen MR) is 130 cm³/mol. The minimum atomic E-state index is -0.466. The lowest BCUT2D eigenvalue weighted by atomic mass is 10.2. The summed E-state index contributed by atoms with van der Waals surface area (Å²) in [5.74, 6) is 0.373. The summed E-state index contributed by atoms with van der Waals surface area (Å²) in [4.78, 5) is 22.8. The Hall–Kier alpha value is -4.14. The molecule has 0 unspecified atom stereocenters. The minimum Gasteiger partial charge on any atom is -0.503 e. The molecule has 0 atom stereocenters. The van der Waals surface area contributed by atoms with E-state index in [0.717, 1.165) is 11.1 Å². The molecule has 0 spiro atoms. The van der Waals surface area contributed by atoms with Crippen LogP contribution in [0.25, 0.3) is 0 Å². The predicted octanol–water partition coefficient (Wildman–Crippen LogP) is 3.52. The zero-order valence-corrected chi connectivity index (χ0v) is 19.3. The third-order valence-electron chi connectivity index (χ3n) is 4.93. The number of aryl methyl sites for hydroxylation is 1. The lowest BCUT2D eigenvalue weighted by Crippen LogP contribution is -2.08. The highest BCUT2D eigenvalue weighted by molar-refractivity contribution is 5.20. The maximum Gasteiger partial charge on any atom is 0.227 e. The molecule has 182 valence electrons. The molecule has 0 aliphatic rings. The molecule has 0 fully saturated rings. The summed E-state index contributed by atoms with van der Waals surface area (Å²) < 4.78 is 18.0. The van der Waals surface area contributed by atoms with Gasteiger partial charge in [0.15, 0.2) is 5.75 Å². The molecule has 2 N–H and O–H groups in total. The van der Waals surface area contributed by atoms with E-state index in [4.69, 9.17) is 24.1 Å². The van der Waals surface area contributed by atoms with Crippen molar-refractivity contribution in [2.24, 2.45) is 7.05 Å². The van der Waals surface area contributed by atoms with Crippen molar-refractivity contribution in [2.45, 2.75) is 26.4 Å². The lowest BCUT2D eigenvalue weighted by Gasteiger charge is -2.07. The fourth-order valence-corrected chi connectivity index (χ4v) is 3.01. The van der Waals surface area contributed by atoms with E-state index in [9.17, 15) is 9.59 Å². The number of rotatable bonds is 8. The first kappa shape index (κ1) is 25.5. The molecule has 0 aliphatic heterocycles. The van der Waals surface area contributed by atoms with Crippen molar-refractivity contribution in [1.82, 2.24) is 4.57 Å². The van der Waals surface area contributed by atoms with Crippen molar-refractivity contribution in [1.29, 1.82) is 0 Å². The SMILES string of the molecule is Cn1cc(O)c(=O)cc1CO.O=c1cc(COCc2ccccc2)occ1OCc1ccccc1. The number of ether oxygens (including phenoxy) is 2. The Kier molecular flexibility index (Phi) is 9.41. The van der Waals surface area contributed by atoms with Gasteiger partial charge in [0.25, 0.3) is 0 Å². The topological polar surface area (TPSA) is 111 Å². The second kappa shape index (κ2) is 12.9. The van der Waals surface area contributed by atoms with Gasteiger partial charge in [0.1, 0.15) is 25.2 Å². The van der Waals surface area contributed by atoms with Gasteiger partial charge in [-0.25, -0.2) is 0 Å². The van der Waals surface area contributed by atoms with E-state index in [1.54, 1.807) is 7.05 Å². The van der Waals surface area contributed by atoms with E-state index >= 15 is 0 Å². The van der Waals surface area contributed by atoms with Crippen molar-refractivity contribution in [3.8, 4) is 11.5 Å². The molecule has 0 radical (unpaired) electrons. The van der Waals surface area contributed by atoms with Gasteiger partial charge in [-0.15, -0.1) is 0 Å². The average Bonchev–Trinajstić information content (AvgIpc) is 2.87. The Bertz CT molecular complexity index is 1310. The van der Waals surface area contributed by atoms with Crippen LogP contribution in [0, 0.1) is 0 Å². The maximum atomic E-state index is 12.1. The number of aliphatic hydroxyl groups excluding tert-OH is 1. The highest BCUT2D eigenvalue weighted by Gasteiger charge is 2.06. The number of hydrogen-bond acceptors (Lipinski definition) is 7. The smallest absolute Gasteiger partial charge is 0.227 e. The molecular formula is C27H27NO7. The Labute approximate surface area is 202 Å². The third-order valence-corrected chi connectivity index (χ3v) is 4.93. The highest BCUT2D eigenvalue weighted by Crippen LogP contribution is 2.11. The van der Waals surface area contributed by atoms with Gasteiger partial charge in [-0.3, -0.25) is 9.59 Å². The summed E-state index contributed by atoms with van der Waals surface area (Å²) in [5.41, 5.74) is 1.87. The Morgan fingerprint density at radius 1 is 0.857 bits per heavy atom. The van der Waals surface area contributed by atoms with Gasteiger partial charge >= 0.3 is 0 Å². The zero-order valence-electron chi connectivity index (χ0n) is 19.3. The molecule has 35 heavy (non-hydrogen) atoms. The summed E-state index contributed by atoms with van der Waals surface area (Å²) >= 11 is 0. The molecule has 2 heterocycles. The number of nitrogens with zero attached hydrogens (tertiary/aromatic N) is 1. The van der Waals surface area contributed by atoms with Gasteiger partial charge in [0.05, 0.1) is 13.2 Å². The van der Waals surface area contributed by atoms with Crippen LogP contribution >= 0.6 is 0 Å². The first-order chi connectivity index (χ1) is 17.0. The number of aromatic hydroxyl groups is 1. The molecule has 0 aliphatic carbocycles. The number of benzene rings is 2. The van der Waals surface area contributed by atoms with Crippen LogP contribution in [-0.2, 0) is 38.2 Å². The van der Waals surface area contributed by atoms with Crippen LogP contribution in [0.2, 0.25) is 0 Å². The number of hydrogen-bond donors (Lipinski definition) is 2. The van der Waals surface area contributed by atoms with E-state index in [1.807, 2.05) is 60.7 Å². The molecular weight excluding hydrogens is 450 g/mol. The van der Waals surface area contributed by atoms with Gasteiger partial charge in [-0.1, -0.05) is 60.7 Å². The summed E-state index contributed by atoms with van der Waals surface area (Å²) in [6.45, 7) is 0.835. The van der Waals surface area contributed by atoms with E-state index in [0.29, 0.717) is 24.7 Å². The molecule has 2 aromatic heterocycles. The standard InChI is InChI=1S/C20H18O4.C7H9NO3/c21-19-11-18(14-22-12-16-7-3-1-4-8-16)23-15-20(19)24-13-17-9-5-2-6-10-17;1-8-3-7(11)6(10)2-5(8)4-9/h1-11,15H,12-14H2;2-3,9,11H,4H2,1H3. The summed E-state index contributed by atoms with van der Waals surface area (Å²) in [6.07, 6.45) is 2.61.